The Balaban J connectivity index is 2.29. The van der Waals surface area contributed by atoms with Gasteiger partial charge in [-0.3, -0.25) is 0 Å². The molecule has 0 aromatic heterocycles. The Morgan fingerprint density at radius 2 is 1.64 bits per heavy atom. The van der Waals surface area contributed by atoms with E-state index in [2.05, 4.69) is 5.32 Å². The second-order valence-electron chi connectivity index (χ2n) is 8.89. The van der Waals surface area contributed by atoms with Gasteiger partial charge in [-0.1, -0.05) is 11.6 Å². The summed E-state index contributed by atoms with van der Waals surface area (Å²) in [6.45, 7) is 11.2. The van der Waals surface area contributed by atoms with Crippen LogP contribution in [0.2, 0.25) is 5.02 Å². The third-order valence-electron chi connectivity index (χ3n) is 4.00. The van der Waals surface area contributed by atoms with Crippen LogP contribution in [0.1, 0.15) is 47.1 Å². The van der Waals surface area contributed by atoms with E-state index in [-0.39, 0.29) is 13.1 Å². The Morgan fingerprint density at radius 3 is 2.14 bits per heavy atom. The van der Waals surface area contributed by atoms with Gasteiger partial charge in [0.15, 0.2) is 0 Å². The van der Waals surface area contributed by atoms with E-state index in [1.54, 1.807) is 66.9 Å². The Hall–Kier alpha value is -2.15. The van der Waals surface area contributed by atoms with Gasteiger partial charge in [-0.2, -0.15) is 0 Å². The lowest BCUT2D eigenvalue weighted by molar-refractivity contribution is -0.0230. The second kappa shape index (κ2) is 7.70. The Morgan fingerprint density at radius 1 is 1.07 bits per heavy atom. The molecule has 0 saturated carbocycles. The van der Waals surface area contributed by atoms with E-state index in [4.69, 9.17) is 25.8 Å². The minimum atomic E-state index is -0.898. The molecule has 28 heavy (non-hydrogen) atoms. The highest BCUT2D eigenvalue weighted by Crippen LogP contribution is 2.39. The predicted molar refractivity (Wildman–Crippen MR) is 107 cm³/mol. The Kier molecular flexibility index (Phi) is 6.09. The molecule has 1 saturated heterocycles. The van der Waals surface area contributed by atoms with Crippen LogP contribution in [0, 0.1) is 0 Å². The topological polar surface area (TPSA) is 77.1 Å². The summed E-state index contributed by atoms with van der Waals surface area (Å²) < 4.78 is 16.1. The van der Waals surface area contributed by atoms with Crippen LogP contribution < -0.4 is 10.1 Å². The van der Waals surface area contributed by atoms with Crippen molar-refractivity contribution < 1.29 is 23.8 Å². The van der Waals surface area contributed by atoms with Crippen molar-refractivity contribution in [3.05, 3.63) is 28.8 Å². The number of rotatable bonds is 3. The van der Waals surface area contributed by atoms with Crippen molar-refractivity contribution in [2.24, 2.45) is 0 Å². The smallest absolute Gasteiger partial charge is 0.410 e. The molecular formula is C20H29ClN2O5. The molecule has 8 heteroatoms. The highest BCUT2D eigenvalue weighted by Gasteiger charge is 2.50. The zero-order valence-corrected chi connectivity index (χ0v) is 18.3. The third-order valence-corrected chi connectivity index (χ3v) is 4.33. The van der Waals surface area contributed by atoms with Crippen LogP contribution in [-0.4, -0.2) is 48.5 Å². The van der Waals surface area contributed by atoms with Gasteiger partial charge in [0.1, 0.15) is 22.5 Å². The molecule has 1 aliphatic rings. The van der Waals surface area contributed by atoms with Gasteiger partial charge in [-0.25, -0.2) is 9.59 Å². The van der Waals surface area contributed by atoms with Gasteiger partial charge in [-0.05, 0) is 59.7 Å². The molecule has 1 heterocycles. The van der Waals surface area contributed by atoms with Crippen LogP contribution in [0.3, 0.4) is 0 Å². The molecule has 1 aromatic rings. The van der Waals surface area contributed by atoms with Gasteiger partial charge in [-0.15, -0.1) is 0 Å². The predicted octanol–water partition coefficient (Wildman–Crippen LogP) is 4.32. The van der Waals surface area contributed by atoms with E-state index in [0.29, 0.717) is 16.3 Å². The molecule has 0 unspecified atom stereocenters. The fraction of sp³-hybridized carbons (Fsp3) is 0.600. The number of hydrogen-bond acceptors (Lipinski definition) is 5. The summed E-state index contributed by atoms with van der Waals surface area (Å²) in [4.78, 5) is 26.4. The summed E-state index contributed by atoms with van der Waals surface area (Å²) in [5, 5.41) is 3.35. The number of methoxy groups -OCH3 is 1. The number of ether oxygens (including phenoxy) is 3. The first-order valence-corrected chi connectivity index (χ1v) is 9.46. The van der Waals surface area contributed by atoms with E-state index in [1.165, 1.54) is 4.90 Å². The van der Waals surface area contributed by atoms with E-state index >= 15 is 0 Å². The van der Waals surface area contributed by atoms with Crippen LogP contribution in [0.4, 0.5) is 9.59 Å². The molecule has 1 aliphatic heterocycles. The zero-order valence-electron chi connectivity index (χ0n) is 17.5. The van der Waals surface area contributed by atoms with E-state index in [0.717, 1.165) is 0 Å². The molecule has 1 fully saturated rings. The number of likely N-dealkylation sites (tertiary alicyclic amines) is 1. The van der Waals surface area contributed by atoms with E-state index in [1.807, 2.05) is 0 Å². The lowest BCUT2D eigenvalue weighted by Gasteiger charge is -2.50. The molecule has 0 bridgehead atoms. The number of hydrogen-bond donors (Lipinski definition) is 1. The lowest BCUT2D eigenvalue weighted by Crippen LogP contribution is -2.69. The molecule has 1 aromatic carbocycles. The van der Waals surface area contributed by atoms with Gasteiger partial charge >= 0.3 is 12.2 Å². The number of benzene rings is 1. The average Bonchev–Trinajstić information content (AvgIpc) is 2.47. The van der Waals surface area contributed by atoms with Crippen molar-refractivity contribution in [3.63, 3.8) is 0 Å². The fourth-order valence-corrected chi connectivity index (χ4v) is 3.17. The number of nitrogens with zero attached hydrogens (tertiary/aromatic N) is 1. The van der Waals surface area contributed by atoms with Gasteiger partial charge in [0.25, 0.3) is 0 Å². The van der Waals surface area contributed by atoms with Gasteiger partial charge in [0.2, 0.25) is 0 Å². The van der Waals surface area contributed by atoms with Crippen LogP contribution >= 0.6 is 11.6 Å². The number of halogens is 1. The van der Waals surface area contributed by atoms with Crippen molar-refractivity contribution in [1.82, 2.24) is 10.2 Å². The van der Waals surface area contributed by atoms with Gasteiger partial charge in [0.05, 0.1) is 20.2 Å². The normalized spacial score (nSPS) is 16.1. The maximum absolute atomic E-state index is 12.5. The molecule has 0 spiro atoms. The SMILES string of the molecule is COc1ccc(Cl)c(C2(NC(=O)OC(C)(C)C)CN(C(=O)OC(C)(C)C)C2)c1. The van der Waals surface area contributed by atoms with Crippen molar-refractivity contribution in [1.29, 1.82) is 0 Å². The highest BCUT2D eigenvalue weighted by molar-refractivity contribution is 6.31. The van der Waals surface area contributed by atoms with Crippen molar-refractivity contribution in [3.8, 4) is 5.75 Å². The van der Waals surface area contributed by atoms with E-state index in [9.17, 15) is 9.59 Å². The zero-order chi connectivity index (χ0) is 21.3. The minimum absolute atomic E-state index is 0.202. The van der Waals surface area contributed by atoms with Crippen LogP contribution in [-0.2, 0) is 15.0 Å². The minimum Gasteiger partial charge on any atom is -0.497 e. The monoisotopic (exact) mass is 412 g/mol. The number of nitrogens with one attached hydrogen (secondary N) is 1. The molecular weight excluding hydrogens is 384 g/mol. The molecule has 0 radical (unpaired) electrons. The molecule has 7 nitrogen and oxygen atoms in total. The number of carbonyl (C=O) groups is 2. The largest absolute Gasteiger partial charge is 0.497 e. The third kappa shape index (κ3) is 5.44. The Labute approximate surface area is 171 Å². The first kappa shape index (κ1) is 22.1. The molecule has 156 valence electrons. The fourth-order valence-electron chi connectivity index (χ4n) is 2.87. The standard InChI is InChI=1S/C20H29ClN2O5/c1-18(2,3)27-16(24)22-20(14-10-13(26-7)8-9-15(14)21)11-23(12-20)17(25)28-19(4,5)6/h8-10H,11-12H2,1-7H3,(H,22,24). The Bertz CT molecular complexity index is 746. The van der Waals surface area contributed by atoms with E-state index < -0.39 is 28.9 Å². The van der Waals surface area contributed by atoms with Crippen LogP contribution in [0.5, 0.6) is 5.75 Å². The summed E-state index contributed by atoms with van der Waals surface area (Å²) in [7, 11) is 1.55. The average molecular weight is 413 g/mol. The number of amides is 2. The first-order chi connectivity index (χ1) is 12.7. The lowest BCUT2D eigenvalue weighted by atomic mass is 9.82. The van der Waals surface area contributed by atoms with Crippen molar-refractivity contribution in [2.45, 2.75) is 58.3 Å². The quantitative estimate of drug-likeness (QED) is 0.799. The number of carbonyl (C=O) groups excluding carboxylic acids is 2. The maximum atomic E-state index is 12.5. The second-order valence-corrected chi connectivity index (χ2v) is 9.30. The maximum Gasteiger partial charge on any atom is 0.410 e. The summed E-state index contributed by atoms with van der Waals surface area (Å²) >= 11 is 6.42. The van der Waals surface area contributed by atoms with Crippen LogP contribution in [0.25, 0.3) is 0 Å². The van der Waals surface area contributed by atoms with Gasteiger partial charge < -0.3 is 24.4 Å². The van der Waals surface area contributed by atoms with Crippen molar-refractivity contribution >= 4 is 23.8 Å². The first-order valence-electron chi connectivity index (χ1n) is 9.08. The molecule has 2 amide bonds. The summed E-state index contributed by atoms with van der Waals surface area (Å²) in [6, 6.07) is 5.19. The molecule has 1 N–H and O–H groups in total. The molecule has 2 rings (SSSR count). The highest BCUT2D eigenvalue weighted by atomic mass is 35.5. The number of alkyl carbamates (subject to hydrolysis) is 1. The van der Waals surface area contributed by atoms with Gasteiger partial charge in [0, 0.05) is 10.6 Å². The summed E-state index contributed by atoms with van der Waals surface area (Å²) in [6.07, 6.45) is -1.04. The summed E-state index contributed by atoms with van der Waals surface area (Å²) in [5.74, 6) is 0.598. The van der Waals surface area contributed by atoms with Crippen LogP contribution in [0.15, 0.2) is 18.2 Å². The molecule has 0 atom stereocenters. The summed E-state index contributed by atoms with van der Waals surface area (Å²) in [5.41, 5.74) is -1.51. The molecule has 0 aliphatic carbocycles. The van der Waals surface area contributed by atoms with Crippen molar-refractivity contribution in [2.75, 3.05) is 20.2 Å².